The molecule has 0 aliphatic heterocycles. The van der Waals surface area contributed by atoms with Gasteiger partial charge in [-0.2, -0.15) is 0 Å². The third-order valence-electron chi connectivity index (χ3n) is 10.4. The van der Waals surface area contributed by atoms with E-state index in [1.807, 2.05) is 24.3 Å². The van der Waals surface area contributed by atoms with Gasteiger partial charge in [0.2, 0.25) is 23.6 Å². The van der Waals surface area contributed by atoms with Crippen LogP contribution in [0.15, 0.2) is 61.3 Å². The minimum absolute atomic E-state index is 0.0484. The summed E-state index contributed by atoms with van der Waals surface area (Å²) in [6.45, 7) is 2.37. The lowest BCUT2D eigenvalue weighted by atomic mass is 9.80. The molecule has 0 spiro atoms. The molecule has 0 unspecified atom stereocenters. The molecule has 4 rings (SSSR count). The largest absolute Gasteiger partial charge is 0.497 e. The van der Waals surface area contributed by atoms with Gasteiger partial charge in [0, 0.05) is 56.5 Å². The van der Waals surface area contributed by atoms with Crippen molar-refractivity contribution in [2.45, 2.75) is 108 Å². The van der Waals surface area contributed by atoms with Crippen molar-refractivity contribution in [1.82, 2.24) is 30.5 Å². The fraction of sp³-hybridized carbons (Fsp3) is 0.550. The van der Waals surface area contributed by atoms with Gasteiger partial charge in [0.05, 0.1) is 25.6 Å². The van der Waals surface area contributed by atoms with Crippen LogP contribution in [0.25, 0.3) is 0 Å². The number of amides is 4. The van der Waals surface area contributed by atoms with E-state index in [1.54, 1.807) is 37.8 Å². The maximum Gasteiger partial charge on any atom is 0.243 e. The third kappa shape index (κ3) is 12.9. The van der Waals surface area contributed by atoms with Crippen LogP contribution in [-0.4, -0.2) is 93.0 Å². The Labute approximate surface area is 318 Å². The number of unbranched alkanes of at least 4 members (excludes halogenated alkanes) is 1. The minimum Gasteiger partial charge on any atom is -0.497 e. The molecule has 294 valence electrons. The van der Waals surface area contributed by atoms with Crippen LogP contribution in [0.4, 0.5) is 0 Å². The summed E-state index contributed by atoms with van der Waals surface area (Å²) in [7, 11) is 1.56. The highest BCUT2D eigenvalue weighted by molar-refractivity contribution is 5.91. The number of nitrogens with one attached hydrogen (secondary N) is 3. The molecular weight excluding hydrogens is 688 g/mol. The van der Waals surface area contributed by atoms with Gasteiger partial charge < -0.3 is 41.8 Å². The van der Waals surface area contributed by atoms with E-state index in [2.05, 4.69) is 25.6 Å². The SMILES string of the molecule is COc1ccc(C[C@@H](C(=O)N[C@@H](Cc2cnc[nH]2)C(N)=O)N(C(C)=O)[C@@H](CC2CCCCC2)[C@@H](O)C[C@@H](Cc2ccncc2)C(=O)NCCCCN)cc1. The number of benzene rings is 1. The number of aliphatic hydroxyl groups is 1. The lowest BCUT2D eigenvalue weighted by molar-refractivity contribution is -0.146. The van der Waals surface area contributed by atoms with Gasteiger partial charge in [0.1, 0.15) is 17.8 Å². The molecule has 1 aromatic carbocycles. The van der Waals surface area contributed by atoms with Crippen molar-refractivity contribution in [1.29, 1.82) is 0 Å². The van der Waals surface area contributed by atoms with E-state index in [9.17, 15) is 24.3 Å². The van der Waals surface area contributed by atoms with Gasteiger partial charge in [-0.05, 0) is 80.0 Å². The first-order chi connectivity index (χ1) is 26.1. The van der Waals surface area contributed by atoms with Gasteiger partial charge >= 0.3 is 0 Å². The van der Waals surface area contributed by atoms with Crippen LogP contribution in [0.5, 0.6) is 5.75 Å². The van der Waals surface area contributed by atoms with Crippen molar-refractivity contribution in [2.75, 3.05) is 20.2 Å². The maximum atomic E-state index is 14.5. The molecule has 1 aliphatic rings. The van der Waals surface area contributed by atoms with Gasteiger partial charge in [-0.3, -0.25) is 24.2 Å². The van der Waals surface area contributed by atoms with Crippen LogP contribution in [0.2, 0.25) is 0 Å². The second-order valence-electron chi connectivity index (χ2n) is 14.4. The number of pyridine rings is 1. The number of ether oxygens (including phenoxy) is 1. The number of rotatable bonds is 22. The summed E-state index contributed by atoms with van der Waals surface area (Å²) in [6.07, 6.45) is 12.7. The molecule has 14 heteroatoms. The summed E-state index contributed by atoms with van der Waals surface area (Å²) in [5.74, 6) is -1.75. The summed E-state index contributed by atoms with van der Waals surface area (Å²) < 4.78 is 5.35. The molecule has 0 bridgehead atoms. The Morgan fingerprint density at radius 1 is 0.963 bits per heavy atom. The number of nitrogens with two attached hydrogens (primary N) is 2. The second kappa shape index (κ2) is 21.8. The first-order valence-electron chi connectivity index (χ1n) is 19.1. The van der Waals surface area contributed by atoms with E-state index < -0.39 is 47.9 Å². The Morgan fingerprint density at radius 3 is 2.28 bits per heavy atom. The summed E-state index contributed by atoms with van der Waals surface area (Å²) in [6, 6.07) is 7.83. The molecule has 1 saturated carbocycles. The highest BCUT2D eigenvalue weighted by Crippen LogP contribution is 2.33. The molecule has 1 aliphatic carbocycles. The standard InChI is InChI=1S/C40H58N8O6/c1-27(49)48(36(22-29-10-12-33(54-2)13-11-29)40(53)47-34(38(42)51)24-32-25-44-26-46-32)35(21-28-8-4-3-5-9-28)37(50)23-31(20-30-14-18-43-19-15-30)39(52)45-17-7-6-16-41/h10-15,18-19,25-26,28,31,34-37,50H,3-9,16-17,20-24,41H2,1-2H3,(H2,42,51)(H,44,46)(H,45,52)(H,47,53)/t31-,34+,35+,36+,37+/m1/s1. The first kappa shape index (κ1) is 41.9. The molecule has 1 fully saturated rings. The first-order valence-corrected chi connectivity index (χ1v) is 19.1. The molecule has 54 heavy (non-hydrogen) atoms. The van der Waals surface area contributed by atoms with Crippen LogP contribution in [0.3, 0.4) is 0 Å². The van der Waals surface area contributed by atoms with Crippen LogP contribution in [0, 0.1) is 11.8 Å². The maximum absolute atomic E-state index is 14.5. The van der Waals surface area contributed by atoms with Gasteiger partial charge in [0.25, 0.3) is 0 Å². The number of nitrogens with zero attached hydrogens (tertiary/aromatic N) is 3. The monoisotopic (exact) mass is 746 g/mol. The van der Waals surface area contributed by atoms with E-state index in [4.69, 9.17) is 16.2 Å². The molecule has 8 N–H and O–H groups in total. The minimum atomic E-state index is -1.17. The molecule has 3 aromatic rings. The fourth-order valence-electron chi connectivity index (χ4n) is 7.47. The van der Waals surface area contributed by atoms with Gasteiger partial charge in [-0.15, -0.1) is 0 Å². The molecule has 2 heterocycles. The van der Waals surface area contributed by atoms with Crippen molar-refractivity contribution in [3.63, 3.8) is 0 Å². The summed E-state index contributed by atoms with van der Waals surface area (Å²) in [5.41, 5.74) is 13.7. The van der Waals surface area contributed by atoms with Crippen LogP contribution in [0.1, 0.15) is 81.5 Å². The predicted molar refractivity (Wildman–Crippen MR) is 205 cm³/mol. The molecule has 0 radical (unpaired) electrons. The highest BCUT2D eigenvalue weighted by atomic mass is 16.5. The zero-order chi connectivity index (χ0) is 38.9. The number of aromatic amines is 1. The Kier molecular flexibility index (Phi) is 16.9. The van der Waals surface area contributed by atoms with Crippen LogP contribution >= 0.6 is 0 Å². The van der Waals surface area contributed by atoms with Crippen LogP contribution in [-0.2, 0) is 38.4 Å². The molecule has 2 aromatic heterocycles. The average molecular weight is 747 g/mol. The number of carbonyl (C=O) groups is 4. The Morgan fingerprint density at radius 2 is 1.67 bits per heavy atom. The molecule has 4 amide bonds. The number of carbonyl (C=O) groups excluding carboxylic acids is 4. The zero-order valence-electron chi connectivity index (χ0n) is 31.6. The molecular formula is C40H58N8O6. The number of hydrogen-bond donors (Lipinski definition) is 6. The van der Waals surface area contributed by atoms with E-state index in [1.165, 1.54) is 18.2 Å². The molecule has 14 nitrogen and oxygen atoms in total. The van der Waals surface area contributed by atoms with E-state index in [0.29, 0.717) is 37.4 Å². The average Bonchev–Trinajstić information content (AvgIpc) is 3.69. The van der Waals surface area contributed by atoms with Crippen molar-refractivity contribution in [3.05, 3.63) is 78.1 Å². The Hall–Kier alpha value is -4.82. The molecule has 0 saturated heterocycles. The third-order valence-corrected chi connectivity index (χ3v) is 10.4. The van der Waals surface area contributed by atoms with Crippen molar-refractivity contribution >= 4 is 23.6 Å². The van der Waals surface area contributed by atoms with Crippen LogP contribution < -0.4 is 26.8 Å². The summed E-state index contributed by atoms with van der Waals surface area (Å²) in [4.78, 5) is 67.4. The van der Waals surface area contributed by atoms with Crippen molar-refractivity contribution in [3.8, 4) is 5.75 Å². The lowest BCUT2D eigenvalue weighted by Crippen LogP contribution is -2.60. The Balaban J connectivity index is 1.72. The van der Waals surface area contributed by atoms with E-state index in [-0.39, 0.29) is 31.1 Å². The quantitative estimate of drug-likeness (QED) is 0.0832. The summed E-state index contributed by atoms with van der Waals surface area (Å²) in [5, 5.41) is 18.2. The van der Waals surface area contributed by atoms with Gasteiger partial charge in [-0.25, -0.2) is 4.98 Å². The number of aromatic nitrogens is 3. The second-order valence-corrected chi connectivity index (χ2v) is 14.4. The smallest absolute Gasteiger partial charge is 0.243 e. The number of imidazole rings is 1. The number of hydrogen-bond acceptors (Lipinski definition) is 9. The van der Waals surface area contributed by atoms with Gasteiger partial charge in [-0.1, -0.05) is 44.2 Å². The van der Waals surface area contributed by atoms with Crippen molar-refractivity contribution in [2.24, 2.45) is 23.3 Å². The summed E-state index contributed by atoms with van der Waals surface area (Å²) >= 11 is 0. The zero-order valence-corrected chi connectivity index (χ0v) is 31.6. The molecule has 5 atom stereocenters. The number of methoxy groups -OCH3 is 1. The Bertz CT molecular complexity index is 1580. The normalized spacial score (nSPS) is 16.0. The lowest BCUT2D eigenvalue weighted by Gasteiger charge is -2.42. The number of H-pyrrole nitrogens is 1. The highest BCUT2D eigenvalue weighted by Gasteiger charge is 2.40. The fourth-order valence-corrected chi connectivity index (χ4v) is 7.47. The van der Waals surface area contributed by atoms with Gasteiger partial charge in [0.15, 0.2) is 0 Å². The van der Waals surface area contributed by atoms with E-state index >= 15 is 0 Å². The topological polar surface area (TPSA) is 219 Å². The number of primary amides is 1. The van der Waals surface area contributed by atoms with E-state index in [0.717, 1.165) is 56.1 Å². The van der Waals surface area contributed by atoms with Crippen molar-refractivity contribution < 1.29 is 29.0 Å². The predicted octanol–water partition coefficient (Wildman–Crippen LogP) is 2.59. The number of aliphatic hydroxyl groups excluding tert-OH is 1.